The Morgan fingerprint density at radius 3 is 2.78 bits per heavy atom. The molecular formula is C14H22N2OS. The van der Waals surface area contributed by atoms with Gasteiger partial charge in [-0.05, 0) is 30.5 Å². The van der Waals surface area contributed by atoms with Crippen LogP contribution >= 0.6 is 12.2 Å². The van der Waals surface area contributed by atoms with Crippen molar-refractivity contribution in [2.75, 3.05) is 25.1 Å². The molecule has 0 unspecified atom stereocenters. The Morgan fingerprint density at radius 1 is 1.44 bits per heavy atom. The lowest BCUT2D eigenvalue weighted by molar-refractivity contribution is 0.118. The Hall–Kier alpha value is -1.13. The van der Waals surface area contributed by atoms with E-state index in [4.69, 9.17) is 22.7 Å². The first-order chi connectivity index (χ1) is 8.50. The van der Waals surface area contributed by atoms with Crippen LogP contribution in [0.3, 0.4) is 0 Å². The van der Waals surface area contributed by atoms with Crippen LogP contribution in [0.15, 0.2) is 18.2 Å². The lowest BCUT2D eigenvalue weighted by Gasteiger charge is -2.13. The van der Waals surface area contributed by atoms with Crippen molar-refractivity contribution in [2.45, 2.75) is 20.8 Å². The molecule has 0 heterocycles. The maximum absolute atomic E-state index is 5.69. The van der Waals surface area contributed by atoms with Gasteiger partial charge in [0.25, 0.3) is 0 Å². The molecule has 0 fully saturated rings. The number of ether oxygens (including phenoxy) is 1. The molecule has 0 radical (unpaired) electrons. The summed E-state index contributed by atoms with van der Waals surface area (Å²) in [6.07, 6.45) is 0. The van der Waals surface area contributed by atoms with E-state index in [0.29, 0.717) is 17.5 Å². The summed E-state index contributed by atoms with van der Waals surface area (Å²) in [7, 11) is 0. The summed E-state index contributed by atoms with van der Waals surface area (Å²) in [6, 6.07) is 6.01. The van der Waals surface area contributed by atoms with Gasteiger partial charge >= 0.3 is 0 Å². The van der Waals surface area contributed by atoms with Crippen LogP contribution in [0.2, 0.25) is 0 Å². The number of anilines is 1. The molecule has 1 aromatic carbocycles. The quantitative estimate of drug-likeness (QED) is 0.588. The molecule has 0 aliphatic rings. The zero-order chi connectivity index (χ0) is 13.5. The van der Waals surface area contributed by atoms with Gasteiger partial charge in [0.2, 0.25) is 0 Å². The average molecular weight is 266 g/mol. The summed E-state index contributed by atoms with van der Waals surface area (Å²) in [5.41, 5.74) is 8.75. The van der Waals surface area contributed by atoms with Crippen LogP contribution in [-0.4, -0.2) is 24.7 Å². The van der Waals surface area contributed by atoms with Gasteiger partial charge in [0.1, 0.15) is 4.99 Å². The summed E-state index contributed by atoms with van der Waals surface area (Å²) in [4.78, 5) is 0.417. The first kappa shape index (κ1) is 14.9. The number of aryl methyl sites for hydroxylation is 1. The number of hydrogen-bond acceptors (Lipinski definition) is 3. The number of thiocarbonyl (C=S) groups is 1. The van der Waals surface area contributed by atoms with Crippen molar-refractivity contribution in [1.29, 1.82) is 0 Å². The summed E-state index contributed by atoms with van der Waals surface area (Å²) < 4.78 is 5.52. The minimum Gasteiger partial charge on any atom is -0.389 e. The molecule has 100 valence electrons. The van der Waals surface area contributed by atoms with Crippen molar-refractivity contribution in [1.82, 2.24) is 0 Å². The van der Waals surface area contributed by atoms with Crippen molar-refractivity contribution >= 4 is 22.9 Å². The van der Waals surface area contributed by atoms with Crippen molar-refractivity contribution in [3.05, 3.63) is 29.3 Å². The van der Waals surface area contributed by atoms with Gasteiger partial charge in [-0.15, -0.1) is 0 Å². The van der Waals surface area contributed by atoms with E-state index in [0.717, 1.165) is 24.4 Å². The fourth-order valence-corrected chi connectivity index (χ4v) is 1.77. The van der Waals surface area contributed by atoms with E-state index in [1.54, 1.807) is 0 Å². The smallest absolute Gasteiger partial charge is 0.106 e. The summed E-state index contributed by atoms with van der Waals surface area (Å²) in [5.74, 6) is 0.566. The molecule has 0 atom stereocenters. The topological polar surface area (TPSA) is 47.3 Å². The molecule has 0 saturated carbocycles. The van der Waals surface area contributed by atoms with Gasteiger partial charge in [-0.3, -0.25) is 0 Å². The second-order valence-electron chi connectivity index (χ2n) is 4.81. The highest BCUT2D eigenvalue weighted by atomic mass is 32.1. The van der Waals surface area contributed by atoms with Crippen LogP contribution in [0.4, 0.5) is 5.69 Å². The Morgan fingerprint density at radius 2 is 2.17 bits per heavy atom. The molecule has 0 bridgehead atoms. The molecule has 0 saturated heterocycles. The van der Waals surface area contributed by atoms with E-state index in [1.165, 1.54) is 5.56 Å². The molecule has 0 aliphatic heterocycles. The van der Waals surface area contributed by atoms with Crippen LogP contribution in [0.5, 0.6) is 0 Å². The molecule has 1 rings (SSSR count). The number of nitrogens with two attached hydrogens (primary N) is 1. The third-order valence-electron chi connectivity index (χ3n) is 2.45. The zero-order valence-electron chi connectivity index (χ0n) is 11.3. The Bertz CT molecular complexity index is 405. The normalized spacial score (nSPS) is 10.7. The highest BCUT2D eigenvalue weighted by molar-refractivity contribution is 7.80. The highest BCUT2D eigenvalue weighted by Crippen LogP contribution is 2.17. The molecule has 3 nitrogen and oxygen atoms in total. The SMILES string of the molecule is Cc1ccc(C(N)=S)c(NCCOCC(C)C)c1. The van der Waals surface area contributed by atoms with E-state index >= 15 is 0 Å². The molecule has 0 aliphatic carbocycles. The Balaban J connectivity index is 2.50. The molecule has 18 heavy (non-hydrogen) atoms. The summed E-state index contributed by atoms with van der Waals surface area (Å²) >= 11 is 5.04. The maximum atomic E-state index is 5.69. The highest BCUT2D eigenvalue weighted by Gasteiger charge is 2.04. The van der Waals surface area contributed by atoms with Crippen molar-refractivity contribution < 1.29 is 4.74 Å². The number of benzene rings is 1. The molecule has 0 aromatic heterocycles. The van der Waals surface area contributed by atoms with Crippen molar-refractivity contribution in [3.8, 4) is 0 Å². The lowest BCUT2D eigenvalue weighted by Crippen LogP contribution is -2.16. The monoisotopic (exact) mass is 266 g/mol. The van der Waals surface area contributed by atoms with Crippen LogP contribution < -0.4 is 11.1 Å². The zero-order valence-corrected chi connectivity index (χ0v) is 12.1. The lowest BCUT2D eigenvalue weighted by atomic mass is 10.1. The summed E-state index contributed by atoms with van der Waals surface area (Å²) in [5, 5.41) is 3.32. The van der Waals surface area contributed by atoms with Crippen LogP contribution in [0.25, 0.3) is 0 Å². The van der Waals surface area contributed by atoms with E-state index in [-0.39, 0.29) is 0 Å². The Kier molecular flexibility index (Phi) is 6.09. The van der Waals surface area contributed by atoms with Gasteiger partial charge in [-0.2, -0.15) is 0 Å². The predicted molar refractivity (Wildman–Crippen MR) is 81.2 cm³/mol. The van der Waals surface area contributed by atoms with Gasteiger partial charge in [0.15, 0.2) is 0 Å². The number of nitrogens with one attached hydrogen (secondary N) is 1. The minimum atomic E-state index is 0.417. The van der Waals surface area contributed by atoms with Crippen LogP contribution in [0.1, 0.15) is 25.0 Å². The van der Waals surface area contributed by atoms with E-state index in [1.807, 2.05) is 19.1 Å². The molecule has 1 aromatic rings. The molecule has 0 amide bonds. The number of hydrogen-bond donors (Lipinski definition) is 2. The van der Waals surface area contributed by atoms with Crippen LogP contribution in [-0.2, 0) is 4.74 Å². The van der Waals surface area contributed by atoms with Gasteiger partial charge < -0.3 is 15.8 Å². The van der Waals surface area contributed by atoms with Crippen molar-refractivity contribution in [3.63, 3.8) is 0 Å². The van der Waals surface area contributed by atoms with Gasteiger partial charge in [-0.25, -0.2) is 0 Å². The minimum absolute atomic E-state index is 0.417. The summed E-state index contributed by atoms with van der Waals surface area (Å²) in [6.45, 7) is 8.55. The largest absolute Gasteiger partial charge is 0.389 e. The predicted octanol–water partition coefficient (Wildman–Crippen LogP) is 2.71. The first-order valence-electron chi connectivity index (χ1n) is 6.22. The Labute approximate surface area is 115 Å². The molecule has 0 spiro atoms. The van der Waals surface area contributed by atoms with Gasteiger partial charge in [0.05, 0.1) is 6.61 Å². The van der Waals surface area contributed by atoms with E-state index in [9.17, 15) is 0 Å². The van der Waals surface area contributed by atoms with E-state index in [2.05, 4.69) is 25.2 Å². The average Bonchev–Trinajstić information content (AvgIpc) is 2.27. The second-order valence-corrected chi connectivity index (χ2v) is 5.25. The molecular weight excluding hydrogens is 244 g/mol. The molecule has 3 N–H and O–H groups in total. The standard InChI is InChI=1S/C14H22N2OS/c1-10(2)9-17-7-6-16-13-8-11(3)4-5-12(13)14(15)18/h4-5,8,10,16H,6-7,9H2,1-3H3,(H2,15,18). The third-order valence-corrected chi connectivity index (χ3v) is 2.67. The van der Waals surface area contributed by atoms with E-state index < -0.39 is 0 Å². The third kappa shape index (κ3) is 5.02. The fourth-order valence-electron chi connectivity index (χ4n) is 1.60. The fraction of sp³-hybridized carbons (Fsp3) is 0.500. The molecule has 4 heteroatoms. The second kappa shape index (κ2) is 7.34. The van der Waals surface area contributed by atoms with Crippen molar-refractivity contribution in [2.24, 2.45) is 11.7 Å². The van der Waals surface area contributed by atoms with Gasteiger partial charge in [-0.1, -0.05) is 32.1 Å². The number of rotatable bonds is 7. The van der Waals surface area contributed by atoms with Gasteiger partial charge in [0, 0.05) is 24.4 Å². The maximum Gasteiger partial charge on any atom is 0.106 e. The first-order valence-corrected chi connectivity index (χ1v) is 6.63. The van der Waals surface area contributed by atoms with Crippen LogP contribution in [0, 0.1) is 12.8 Å².